The van der Waals surface area contributed by atoms with Crippen molar-refractivity contribution in [3.05, 3.63) is 64.5 Å². The molecule has 0 atom stereocenters. The number of benzene rings is 1. The summed E-state index contributed by atoms with van der Waals surface area (Å²) in [7, 11) is 0. The second kappa shape index (κ2) is 6.37. The van der Waals surface area contributed by atoms with Crippen molar-refractivity contribution in [2.45, 2.75) is 13.8 Å². The molecule has 0 radical (unpaired) electrons. The Bertz CT molecular complexity index is 907. The zero-order valence-electron chi connectivity index (χ0n) is 12.9. The Morgan fingerprint density at radius 3 is 2.50 bits per heavy atom. The predicted molar refractivity (Wildman–Crippen MR) is 88.0 cm³/mol. The van der Waals surface area contributed by atoms with E-state index in [0.717, 1.165) is 17.5 Å². The zero-order valence-corrected chi connectivity index (χ0v) is 13.7. The number of carbonyl (C=O) groups excluding carboxylic acids is 1. The van der Waals surface area contributed by atoms with E-state index in [1.165, 1.54) is 24.5 Å². The van der Waals surface area contributed by atoms with Crippen molar-refractivity contribution >= 4 is 23.2 Å². The van der Waals surface area contributed by atoms with Crippen LogP contribution in [0.1, 0.15) is 21.7 Å². The maximum atomic E-state index is 13.0. The number of aryl methyl sites for hydroxylation is 2. The van der Waals surface area contributed by atoms with Gasteiger partial charge in [-0.2, -0.15) is 5.10 Å². The SMILES string of the molecule is Cc1cc(C)n(-c2ncc(NC(=O)c3ccc(F)cc3Cl)cn2)n1. The first-order valence-electron chi connectivity index (χ1n) is 7.06. The van der Waals surface area contributed by atoms with Gasteiger partial charge in [0.05, 0.1) is 34.4 Å². The number of anilines is 1. The second-order valence-corrected chi connectivity index (χ2v) is 5.60. The number of carbonyl (C=O) groups is 1. The van der Waals surface area contributed by atoms with Crippen molar-refractivity contribution < 1.29 is 9.18 Å². The Balaban J connectivity index is 1.79. The topological polar surface area (TPSA) is 72.7 Å². The molecule has 1 N–H and O–H groups in total. The van der Waals surface area contributed by atoms with Gasteiger partial charge in [0.2, 0.25) is 0 Å². The molecule has 0 aliphatic carbocycles. The minimum absolute atomic E-state index is 0.0349. The highest BCUT2D eigenvalue weighted by Gasteiger charge is 2.12. The van der Waals surface area contributed by atoms with Gasteiger partial charge in [-0.05, 0) is 38.1 Å². The third-order valence-electron chi connectivity index (χ3n) is 3.27. The first-order chi connectivity index (χ1) is 11.4. The average molecular weight is 346 g/mol. The smallest absolute Gasteiger partial charge is 0.257 e. The standard InChI is InChI=1S/C16H13ClFN5O/c1-9-5-10(2)23(22-9)16-19-7-12(8-20-16)21-15(24)13-4-3-11(18)6-14(13)17/h3-8H,1-2H3,(H,21,24). The van der Waals surface area contributed by atoms with Crippen LogP contribution >= 0.6 is 11.6 Å². The monoisotopic (exact) mass is 345 g/mol. The normalized spacial score (nSPS) is 10.7. The highest BCUT2D eigenvalue weighted by Crippen LogP contribution is 2.19. The molecule has 1 aromatic carbocycles. The summed E-state index contributed by atoms with van der Waals surface area (Å²) in [6, 6.07) is 5.48. The Kier molecular flexibility index (Phi) is 4.26. The van der Waals surface area contributed by atoms with Gasteiger partial charge in [-0.15, -0.1) is 0 Å². The van der Waals surface area contributed by atoms with Crippen LogP contribution in [0.5, 0.6) is 0 Å². The Hall–Kier alpha value is -2.80. The molecule has 0 saturated heterocycles. The highest BCUT2D eigenvalue weighted by molar-refractivity contribution is 6.34. The summed E-state index contributed by atoms with van der Waals surface area (Å²) in [4.78, 5) is 20.5. The Morgan fingerprint density at radius 2 is 1.92 bits per heavy atom. The highest BCUT2D eigenvalue weighted by atomic mass is 35.5. The van der Waals surface area contributed by atoms with E-state index in [9.17, 15) is 9.18 Å². The van der Waals surface area contributed by atoms with E-state index in [4.69, 9.17) is 11.6 Å². The van der Waals surface area contributed by atoms with Crippen LogP contribution < -0.4 is 5.32 Å². The predicted octanol–water partition coefficient (Wildman–Crippen LogP) is 3.32. The van der Waals surface area contributed by atoms with Crippen LogP contribution in [0.2, 0.25) is 5.02 Å². The third-order valence-corrected chi connectivity index (χ3v) is 3.58. The molecule has 0 spiro atoms. The molecule has 1 amide bonds. The molecule has 0 saturated carbocycles. The van der Waals surface area contributed by atoms with Crippen LogP contribution in [0.15, 0.2) is 36.7 Å². The summed E-state index contributed by atoms with van der Waals surface area (Å²) in [5.74, 6) is -0.574. The second-order valence-electron chi connectivity index (χ2n) is 5.19. The van der Waals surface area contributed by atoms with E-state index in [2.05, 4.69) is 20.4 Å². The van der Waals surface area contributed by atoms with Gasteiger partial charge in [0.15, 0.2) is 0 Å². The Morgan fingerprint density at radius 1 is 1.21 bits per heavy atom. The van der Waals surface area contributed by atoms with E-state index in [-0.39, 0.29) is 10.6 Å². The van der Waals surface area contributed by atoms with Crippen molar-refractivity contribution in [1.29, 1.82) is 0 Å². The van der Waals surface area contributed by atoms with E-state index >= 15 is 0 Å². The van der Waals surface area contributed by atoms with Crippen LogP contribution in [0.3, 0.4) is 0 Å². The van der Waals surface area contributed by atoms with Gasteiger partial charge in [0, 0.05) is 5.69 Å². The molecule has 6 nitrogen and oxygen atoms in total. The summed E-state index contributed by atoms with van der Waals surface area (Å²) in [6.45, 7) is 3.78. The lowest BCUT2D eigenvalue weighted by molar-refractivity contribution is 0.102. The molecule has 2 heterocycles. The number of nitrogens with one attached hydrogen (secondary N) is 1. The molecule has 8 heteroatoms. The van der Waals surface area contributed by atoms with Crippen LogP contribution in [0.25, 0.3) is 5.95 Å². The molecule has 0 unspecified atom stereocenters. The number of aromatic nitrogens is 4. The molecule has 3 aromatic rings. The molecule has 0 fully saturated rings. The third kappa shape index (κ3) is 3.26. The molecule has 3 rings (SSSR count). The fourth-order valence-electron chi connectivity index (χ4n) is 2.20. The van der Waals surface area contributed by atoms with Gasteiger partial charge in [-0.1, -0.05) is 11.6 Å². The first-order valence-corrected chi connectivity index (χ1v) is 7.44. The number of hydrogen-bond acceptors (Lipinski definition) is 4. The maximum Gasteiger partial charge on any atom is 0.257 e. The van der Waals surface area contributed by atoms with E-state index in [1.807, 2.05) is 19.9 Å². The maximum absolute atomic E-state index is 13.0. The largest absolute Gasteiger partial charge is 0.319 e. The molecule has 122 valence electrons. The summed E-state index contributed by atoms with van der Waals surface area (Å²) in [5, 5.41) is 6.94. The summed E-state index contributed by atoms with van der Waals surface area (Å²) < 4.78 is 14.6. The van der Waals surface area contributed by atoms with Crippen molar-refractivity contribution in [3.8, 4) is 5.95 Å². The quantitative estimate of drug-likeness (QED) is 0.790. The van der Waals surface area contributed by atoms with Crippen LogP contribution in [0, 0.1) is 19.7 Å². The summed E-state index contributed by atoms with van der Waals surface area (Å²) in [6.07, 6.45) is 2.93. The lowest BCUT2D eigenvalue weighted by Gasteiger charge is -2.07. The van der Waals surface area contributed by atoms with Crippen molar-refractivity contribution in [3.63, 3.8) is 0 Å². The van der Waals surface area contributed by atoms with Gasteiger partial charge in [0.25, 0.3) is 11.9 Å². The first kappa shape index (κ1) is 16.1. The fourth-order valence-corrected chi connectivity index (χ4v) is 2.45. The minimum atomic E-state index is -0.505. The van der Waals surface area contributed by atoms with E-state index < -0.39 is 11.7 Å². The zero-order chi connectivity index (χ0) is 17.3. The minimum Gasteiger partial charge on any atom is -0.319 e. The van der Waals surface area contributed by atoms with Gasteiger partial charge >= 0.3 is 0 Å². The number of amides is 1. The van der Waals surface area contributed by atoms with Gasteiger partial charge < -0.3 is 5.32 Å². The van der Waals surface area contributed by atoms with Crippen LogP contribution in [-0.2, 0) is 0 Å². The van der Waals surface area contributed by atoms with Crippen LogP contribution in [-0.4, -0.2) is 25.7 Å². The van der Waals surface area contributed by atoms with Gasteiger partial charge in [-0.3, -0.25) is 4.79 Å². The number of halogens is 2. The fraction of sp³-hybridized carbons (Fsp3) is 0.125. The summed E-state index contributed by atoms with van der Waals surface area (Å²) >= 11 is 5.87. The van der Waals surface area contributed by atoms with E-state index in [0.29, 0.717) is 11.6 Å². The average Bonchev–Trinajstić information content (AvgIpc) is 2.86. The van der Waals surface area contributed by atoms with Crippen molar-refractivity contribution in [2.24, 2.45) is 0 Å². The van der Waals surface area contributed by atoms with E-state index in [1.54, 1.807) is 4.68 Å². The number of rotatable bonds is 3. The molecule has 2 aromatic heterocycles. The van der Waals surface area contributed by atoms with Gasteiger partial charge in [0.1, 0.15) is 5.82 Å². The lowest BCUT2D eigenvalue weighted by Crippen LogP contribution is -2.14. The van der Waals surface area contributed by atoms with Crippen molar-refractivity contribution in [1.82, 2.24) is 19.7 Å². The number of hydrogen-bond donors (Lipinski definition) is 1. The van der Waals surface area contributed by atoms with Gasteiger partial charge in [-0.25, -0.2) is 19.0 Å². The molecular formula is C16H13ClFN5O. The lowest BCUT2D eigenvalue weighted by atomic mass is 10.2. The Labute approximate surface area is 142 Å². The number of nitrogens with zero attached hydrogens (tertiary/aromatic N) is 4. The molecule has 0 aliphatic rings. The van der Waals surface area contributed by atoms with Crippen LogP contribution in [0.4, 0.5) is 10.1 Å². The molecule has 0 aliphatic heterocycles. The molecular weight excluding hydrogens is 333 g/mol. The van der Waals surface area contributed by atoms with Crippen molar-refractivity contribution in [2.75, 3.05) is 5.32 Å². The molecule has 0 bridgehead atoms. The summed E-state index contributed by atoms with van der Waals surface area (Å²) in [5.41, 5.74) is 2.33. The molecule has 24 heavy (non-hydrogen) atoms.